The topological polar surface area (TPSA) is 58.9 Å². The summed E-state index contributed by atoms with van der Waals surface area (Å²) in [5.74, 6) is 1.68. The molecule has 0 aliphatic rings. The van der Waals surface area contributed by atoms with E-state index in [9.17, 15) is 4.79 Å². The highest BCUT2D eigenvalue weighted by atomic mass is 16.5. The van der Waals surface area contributed by atoms with Gasteiger partial charge in [-0.3, -0.25) is 9.20 Å². The first-order valence-electron chi connectivity index (χ1n) is 11.8. The number of nitrogens with one attached hydrogen (secondary N) is 1. The highest BCUT2D eigenvalue weighted by Gasteiger charge is 2.17. The van der Waals surface area contributed by atoms with Gasteiger partial charge in [-0.1, -0.05) is 55.5 Å². The fraction of sp³-hybridized carbons (Fsp3) is 0.286. The Bertz CT molecular complexity index is 1250. The summed E-state index contributed by atoms with van der Waals surface area (Å²) in [5.41, 5.74) is 4.77. The predicted octanol–water partition coefficient (Wildman–Crippen LogP) is 4.90. The number of rotatable bonds is 10. The quantitative estimate of drug-likeness (QED) is 0.369. The van der Waals surface area contributed by atoms with Crippen LogP contribution in [0.3, 0.4) is 0 Å². The second-order valence-electron chi connectivity index (χ2n) is 8.39. The minimum absolute atomic E-state index is 0.128. The Kier molecular flexibility index (Phi) is 7.48. The van der Waals surface area contributed by atoms with Crippen LogP contribution in [0.15, 0.2) is 72.9 Å². The first-order chi connectivity index (χ1) is 16.6. The molecular formula is C28H32N4O2. The van der Waals surface area contributed by atoms with Crippen LogP contribution in [0.4, 0.5) is 5.82 Å². The number of amides is 1. The lowest BCUT2D eigenvalue weighted by Crippen LogP contribution is -2.24. The number of anilines is 1. The Balaban J connectivity index is 1.50. The summed E-state index contributed by atoms with van der Waals surface area (Å²) in [4.78, 5) is 20.0. The van der Waals surface area contributed by atoms with Gasteiger partial charge in [0, 0.05) is 31.9 Å². The van der Waals surface area contributed by atoms with Crippen molar-refractivity contribution in [1.82, 2.24) is 14.7 Å². The molecule has 0 atom stereocenters. The SMILES string of the molecule is CCc1nc2ccc(C(=O)NCc3ccccc3OC)cn2c1N(C)CCCc1ccccc1. The highest BCUT2D eigenvalue weighted by Crippen LogP contribution is 2.24. The van der Waals surface area contributed by atoms with E-state index in [1.807, 2.05) is 53.1 Å². The standard InChI is InChI=1S/C28H32N4O2/c1-4-24-28(31(2)18-10-13-21-11-6-5-7-12-21)32-20-23(16-17-26(32)30-24)27(33)29-19-22-14-8-9-15-25(22)34-3/h5-9,11-12,14-17,20H,4,10,13,18-19H2,1-3H3,(H,29,33). The fourth-order valence-corrected chi connectivity index (χ4v) is 4.25. The van der Waals surface area contributed by atoms with Crippen molar-refractivity contribution in [2.75, 3.05) is 25.6 Å². The molecule has 2 aromatic heterocycles. The third kappa shape index (κ3) is 5.22. The molecule has 6 nitrogen and oxygen atoms in total. The Morgan fingerprint density at radius 1 is 1.06 bits per heavy atom. The van der Waals surface area contributed by atoms with Gasteiger partial charge in [0.25, 0.3) is 5.91 Å². The Morgan fingerprint density at radius 2 is 1.82 bits per heavy atom. The van der Waals surface area contributed by atoms with Gasteiger partial charge in [-0.15, -0.1) is 0 Å². The lowest BCUT2D eigenvalue weighted by Gasteiger charge is -2.20. The van der Waals surface area contributed by atoms with Crippen LogP contribution in [-0.2, 0) is 19.4 Å². The molecule has 0 fully saturated rings. The lowest BCUT2D eigenvalue weighted by atomic mass is 10.1. The molecule has 0 spiro atoms. The maximum Gasteiger partial charge on any atom is 0.253 e. The summed E-state index contributed by atoms with van der Waals surface area (Å²) < 4.78 is 7.43. The Hall–Kier alpha value is -3.80. The summed E-state index contributed by atoms with van der Waals surface area (Å²) in [7, 11) is 3.73. The summed E-state index contributed by atoms with van der Waals surface area (Å²) in [6.07, 6.45) is 4.79. The van der Waals surface area contributed by atoms with E-state index in [0.29, 0.717) is 12.1 Å². The zero-order valence-electron chi connectivity index (χ0n) is 20.1. The average Bonchev–Trinajstić information content (AvgIpc) is 3.26. The molecule has 1 amide bonds. The number of methoxy groups -OCH3 is 1. The van der Waals surface area contributed by atoms with Gasteiger partial charge in [0.2, 0.25) is 0 Å². The Labute approximate surface area is 201 Å². The van der Waals surface area contributed by atoms with E-state index in [2.05, 4.69) is 48.5 Å². The molecule has 2 heterocycles. The maximum absolute atomic E-state index is 12.9. The van der Waals surface area contributed by atoms with Crippen molar-refractivity contribution in [1.29, 1.82) is 0 Å². The van der Waals surface area contributed by atoms with Crippen LogP contribution in [0.1, 0.15) is 40.5 Å². The maximum atomic E-state index is 12.9. The number of carbonyl (C=O) groups is 1. The third-order valence-electron chi connectivity index (χ3n) is 6.06. The summed E-state index contributed by atoms with van der Waals surface area (Å²) in [6.45, 7) is 3.42. The minimum Gasteiger partial charge on any atom is -0.496 e. The van der Waals surface area contributed by atoms with Crippen LogP contribution in [0.25, 0.3) is 5.65 Å². The van der Waals surface area contributed by atoms with E-state index in [4.69, 9.17) is 9.72 Å². The molecule has 0 aliphatic heterocycles. The number of carbonyl (C=O) groups excluding carboxylic acids is 1. The molecule has 0 radical (unpaired) electrons. The normalized spacial score (nSPS) is 10.9. The highest BCUT2D eigenvalue weighted by molar-refractivity contribution is 5.94. The van der Waals surface area contributed by atoms with Gasteiger partial charge in [-0.2, -0.15) is 0 Å². The van der Waals surface area contributed by atoms with E-state index in [-0.39, 0.29) is 5.91 Å². The number of benzene rings is 2. The molecule has 0 bridgehead atoms. The number of hydrogen-bond donors (Lipinski definition) is 1. The van der Waals surface area contributed by atoms with Crippen molar-refractivity contribution in [2.45, 2.75) is 32.7 Å². The molecule has 0 aliphatic carbocycles. The molecule has 4 aromatic rings. The average molecular weight is 457 g/mol. The van der Waals surface area contributed by atoms with Gasteiger partial charge >= 0.3 is 0 Å². The van der Waals surface area contributed by atoms with Crippen LogP contribution >= 0.6 is 0 Å². The van der Waals surface area contributed by atoms with E-state index < -0.39 is 0 Å². The van der Waals surface area contributed by atoms with Gasteiger partial charge in [0.15, 0.2) is 0 Å². The number of aryl methyl sites for hydroxylation is 2. The largest absolute Gasteiger partial charge is 0.496 e. The van der Waals surface area contributed by atoms with E-state index in [1.165, 1.54) is 5.56 Å². The minimum atomic E-state index is -0.128. The number of imidazole rings is 1. The summed E-state index contributed by atoms with van der Waals surface area (Å²) in [5, 5.41) is 3.01. The van der Waals surface area contributed by atoms with Crippen molar-refractivity contribution in [3.63, 3.8) is 0 Å². The van der Waals surface area contributed by atoms with Gasteiger partial charge in [0.1, 0.15) is 17.2 Å². The number of fused-ring (bicyclic) bond motifs is 1. The van der Waals surface area contributed by atoms with Crippen molar-refractivity contribution < 1.29 is 9.53 Å². The third-order valence-corrected chi connectivity index (χ3v) is 6.06. The smallest absolute Gasteiger partial charge is 0.253 e. The van der Waals surface area contributed by atoms with Gasteiger partial charge in [0.05, 0.1) is 18.4 Å². The van der Waals surface area contributed by atoms with Crippen LogP contribution in [0.2, 0.25) is 0 Å². The molecule has 0 saturated heterocycles. The Morgan fingerprint density at radius 3 is 2.59 bits per heavy atom. The molecule has 0 saturated carbocycles. The molecule has 4 rings (SSSR count). The van der Waals surface area contributed by atoms with Gasteiger partial charge in [-0.05, 0) is 43.0 Å². The summed E-state index contributed by atoms with van der Waals surface area (Å²) >= 11 is 0. The second kappa shape index (κ2) is 10.9. The molecular weight excluding hydrogens is 424 g/mol. The van der Waals surface area contributed by atoms with E-state index in [0.717, 1.165) is 54.3 Å². The second-order valence-corrected chi connectivity index (χ2v) is 8.39. The molecule has 0 unspecified atom stereocenters. The predicted molar refractivity (Wildman–Crippen MR) is 137 cm³/mol. The zero-order chi connectivity index (χ0) is 23.9. The molecule has 34 heavy (non-hydrogen) atoms. The first kappa shape index (κ1) is 23.4. The van der Waals surface area contributed by atoms with Crippen LogP contribution in [0.5, 0.6) is 5.75 Å². The lowest BCUT2D eigenvalue weighted by molar-refractivity contribution is 0.0950. The summed E-state index contributed by atoms with van der Waals surface area (Å²) in [6, 6.07) is 22.0. The zero-order valence-corrected chi connectivity index (χ0v) is 20.1. The molecule has 1 N–H and O–H groups in total. The van der Waals surface area contributed by atoms with Crippen molar-refractivity contribution in [3.8, 4) is 5.75 Å². The van der Waals surface area contributed by atoms with Crippen LogP contribution in [0, 0.1) is 0 Å². The monoisotopic (exact) mass is 456 g/mol. The van der Waals surface area contributed by atoms with Gasteiger partial charge in [-0.25, -0.2) is 4.98 Å². The number of pyridine rings is 1. The van der Waals surface area contributed by atoms with Crippen molar-refractivity contribution >= 4 is 17.4 Å². The van der Waals surface area contributed by atoms with Gasteiger partial charge < -0.3 is 15.0 Å². The number of hydrogen-bond acceptors (Lipinski definition) is 4. The number of aromatic nitrogens is 2. The fourth-order valence-electron chi connectivity index (χ4n) is 4.25. The van der Waals surface area contributed by atoms with Crippen LogP contribution in [-0.4, -0.2) is 36.0 Å². The molecule has 176 valence electrons. The number of ether oxygens (including phenoxy) is 1. The number of para-hydroxylation sites is 1. The molecule has 2 aromatic carbocycles. The van der Waals surface area contributed by atoms with Crippen LogP contribution < -0.4 is 15.0 Å². The first-order valence-corrected chi connectivity index (χ1v) is 11.8. The van der Waals surface area contributed by atoms with Crippen molar-refractivity contribution in [3.05, 3.63) is 95.3 Å². The van der Waals surface area contributed by atoms with E-state index >= 15 is 0 Å². The number of nitrogens with zero attached hydrogens (tertiary/aromatic N) is 3. The van der Waals surface area contributed by atoms with E-state index in [1.54, 1.807) is 7.11 Å². The van der Waals surface area contributed by atoms with Crippen molar-refractivity contribution in [2.24, 2.45) is 0 Å². The molecule has 6 heteroatoms.